The van der Waals surface area contributed by atoms with Gasteiger partial charge in [-0.05, 0) is 49.4 Å². The second kappa shape index (κ2) is 8.52. The van der Waals surface area contributed by atoms with Gasteiger partial charge in [0.15, 0.2) is 0 Å². The zero-order valence-corrected chi connectivity index (χ0v) is 15.6. The van der Waals surface area contributed by atoms with Gasteiger partial charge in [0.2, 0.25) is 0 Å². The summed E-state index contributed by atoms with van der Waals surface area (Å²) in [5, 5.41) is 3.18. The number of amides is 2. The van der Waals surface area contributed by atoms with Crippen LogP contribution >= 0.6 is 11.6 Å². The highest BCUT2D eigenvalue weighted by atomic mass is 35.5. The molecule has 0 aliphatic rings. The van der Waals surface area contributed by atoms with Crippen LogP contribution in [0.3, 0.4) is 0 Å². The van der Waals surface area contributed by atoms with E-state index in [1.54, 1.807) is 53.4 Å². The molecule has 0 aromatic heterocycles. The van der Waals surface area contributed by atoms with E-state index in [4.69, 9.17) is 11.6 Å². The number of carbonyl (C=O) groups excluding carboxylic acids is 2. The van der Waals surface area contributed by atoms with Crippen LogP contribution in [0.25, 0.3) is 0 Å². The average Bonchev–Trinajstić information content (AvgIpc) is 2.70. The minimum Gasteiger partial charge on any atom is -0.322 e. The van der Waals surface area contributed by atoms with Gasteiger partial charge in [-0.15, -0.1) is 0 Å². The summed E-state index contributed by atoms with van der Waals surface area (Å²) in [6.45, 7) is 2.47. The summed E-state index contributed by atoms with van der Waals surface area (Å²) in [4.78, 5) is 27.1. The van der Waals surface area contributed by atoms with E-state index in [0.29, 0.717) is 28.4 Å². The van der Waals surface area contributed by atoms with E-state index in [1.165, 1.54) is 0 Å². The highest BCUT2D eigenvalue weighted by Gasteiger charge is 2.17. The van der Waals surface area contributed by atoms with E-state index in [9.17, 15) is 9.59 Å². The first-order valence-corrected chi connectivity index (χ1v) is 9.01. The lowest BCUT2D eigenvalue weighted by atomic mass is 10.1. The fourth-order valence-corrected chi connectivity index (χ4v) is 3.00. The van der Waals surface area contributed by atoms with Gasteiger partial charge in [0, 0.05) is 23.5 Å². The second-order valence-corrected chi connectivity index (χ2v) is 6.31. The number of nitrogens with zero attached hydrogens (tertiary/aromatic N) is 1. The minimum atomic E-state index is -0.319. The van der Waals surface area contributed by atoms with Gasteiger partial charge in [0.25, 0.3) is 11.8 Å². The number of para-hydroxylation sites is 1. The Bertz CT molecular complexity index is 957. The molecule has 0 atom stereocenters. The third kappa shape index (κ3) is 4.36. The summed E-state index contributed by atoms with van der Waals surface area (Å²) < 4.78 is 0. The van der Waals surface area contributed by atoms with Crippen molar-refractivity contribution in [3.8, 4) is 0 Å². The molecule has 1 N–H and O–H groups in total. The number of anilines is 2. The quantitative estimate of drug-likeness (QED) is 0.658. The molecule has 2 amide bonds. The number of nitrogens with one attached hydrogen (secondary N) is 1. The first kappa shape index (κ1) is 18.7. The SMILES string of the molecule is CCN(C(=O)c1cccc(NC(=O)c2ccccc2Cl)c1)c1ccccc1. The van der Waals surface area contributed by atoms with Crippen molar-refractivity contribution in [3.63, 3.8) is 0 Å². The Morgan fingerprint density at radius 1 is 0.926 bits per heavy atom. The van der Waals surface area contributed by atoms with Gasteiger partial charge in [-0.2, -0.15) is 0 Å². The van der Waals surface area contributed by atoms with Crippen molar-refractivity contribution >= 4 is 34.8 Å². The highest BCUT2D eigenvalue weighted by Crippen LogP contribution is 2.20. The fourth-order valence-electron chi connectivity index (χ4n) is 2.78. The Kier molecular flexibility index (Phi) is 5.89. The summed E-state index contributed by atoms with van der Waals surface area (Å²) in [7, 11) is 0. The molecule has 0 aliphatic heterocycles. The van der Waals surface area contributed by atoms with E-state index < -0.39 is 0 Å². The number of hydrogen-bond acceptors (Lipinski definition) is 2. The standard InChI is InChI=1S/C22H19ClN2O2/c1-2-25(18-11-4-3-5-12-18)22(27)16-9-8-10-17(15-16)24-21(26)19-13-6-7-14-20(19)23/h3-15H,2H2,1H3,(H,24,26). The van der Waals surface area contributed by atoms with E-state index in [0.717, 1.165) is 5.69 Å². The molecule has 0 saturated carbocycles. The average molecular weight is 379 g/mol. The first-order valence-electron chi connectivity index (χ1n) is 8.63. The van der Waals surface area contributed by atoms with E-state index >= 15 is 0 Å². The summed E-state index contributed by atoms with van der Waals surface area (Å²) >= 11 is 6.07. The van der Waals surface area contributed by atoms with Crippen LogP contribution in [0.2, 0.25) is 5.02 Å². The maximum absolute atomic E-state index is 12.9. The molecule has 0 fully saturated rings. The molecule has 3 aromatic rings. The predicted octanol–water partition coefficient (Wildman–Crippen LogP) is 5.26. The molecule has 4 nitrogen and oxygen atoms in total. The maximum Gasteiger partial charge on any atom is 0.258 e. The fraction of sp³-hybridized carbons (Fsp3) is 0.0909. The van der Waals surface area contributed by atoms with Gasteiger partial charge in [-0.3, -0.25) is 9.59 Å². The Morgan fingerprint density at radius 3 is 2.33 bits per heavy atom. The zero-order valence-electron chi connectivity index (χ0n) is 14.9. The van der Waals surface area contributed by atoms with E-state index in [1.807, 2.05) is 37.3 Å². The number of benzene rings is 3. The van der Waals surface area contributed by atoms with Crippen molar-refractivity contribution in [1.29, 1.82) is 0 Å². The lowest BCUT2D eigenvalue weighted by molar-refractivity contribution is 0.0985. The van der Waals surface area contributed by atoms with E-state index in [2.05, 4.69) is 5.32 Å². The van der Waals surface area contributed by atoms with Crippen molar-refractivity contribution in [1.82, 2.24) is 0 Å². The van der Waals surface area contributed by atoms with Gasteiger partial charge in [-0.1, -0.05) is 48.0 Å². The monoisotopic (exact) mass is 378 g/mol. The molecule has 5 heteroatoms. The Hall–Kier alpha value is -3.11. The van der Waals surface area contributed by atoms with Gasteiger partial charge >= 0.3 is 0 Å². The summed E-state index contributed by atoms with van der Waals surface area (Å²) in [5.41, 5.74) is 2.25. The van der Waals surface area contributed by atoms with Crippen LogP contribution in [-0.2, 0) is 0 Å². The second-order valence-electron chi connectivity index (χ2n) is 5.90. The normalized spacial score (nSPS) is 10.3. The molecule has 136 valence electrons. The molecule has 3 aromatic carbocycles. The Morgan fingerprint density at radius 2 is 1.63 bits per heavy atom. The first-order chi connectivity index (χ1) is 13.1. The summed E-state index contributed by atoms with van der Waals surface area (Å²) in [6.07, 6.45) is 0. The molecule has 3 rings (SSSR count). The molecular weight excluding hydrogens is 360 g/mol. The predicted molar refractivity (Wildman–Crippen MR) is 110 cm³/mol. The van der Waals surface area contributed by atoms with Gasteiger partial charge in [0.05, 0.1) is 10.6 Å². The minimum absolute atomic E-state index is 0.127. The lowest BCUT2D eigenvalue weighted by Crippen LogP contribution is -2.30. The van der Waals surface area contributed by atoms with Gasteiger partial charge < -0.3 is 10.2 Å². The van der Waals surface area contributed by atoms with Crippen LogP contribution in [-0.4, -0.2) is 18.4 Å². The van der Waals surface area contributed by atoms with Crippen molar-refractivity contribution in [2.75, 3.05) is 16.8 Å². The van der Waals surface area contributed by atoms with Crippen LogP contribution < -0.4 is 10.2 Å². The Labute approximate surface area is 163 Å². The van der Waals surface area contributed by atoms with Crippen molar-refractivity contribution < 1.29 is 9.59 Å². The molecule has 27 heavy (non-hydrogen) atoms. The highest BCUT2D eigenvalue weighted by molar-refractivity contribution is 6.34. The molecule has 0 aliphatic carbocycles. The molecule has 0 unspecified atom stereocenters. The zero-order chi connectivity index (χ0) is 19.2. The molecule has 0 spiro atoms. The molecule has 0 heterocycles. The van der Waals surface area contributed by atoms with Gasteiger partial charge in [-0.25, -0.2) is 0 Å². The summed E-state index contributed by atoms with van der Waals surface area (Å²) in [6, 6.07) is 23.2. The third-order valence-electron chi connectivity index (χ3n) is 4.12. The lowest BCUT2D eigenvalue weighted by Gasteiger charge is -2.21. The smallest absolute Gasteiger partial charge is 0.258 e. The van der Waals surface area contributed by atoms with Crippen molar-refractivity contribution in [2.45, 2.75) is 6.92 Å². The van der Waals surface area contributed by atoms with Crippen LogP contribution in [0.4, 0.5) is 11.4 Å². The van der Waals surface area contributed by atoms with Crippen LogP contribution in [0.5, 0.6) is 0 Å². The number of halogens is 1. The number of rotatable bonds is 5. The summed E-state index contributed by atoms with van der Waals surface area (Å²) in [5.74, 6) is -0.446. The Balaban J connectivity index is 1.82. The van der Waals surface area contributed by atoms with Crippen molar-refractivity contribution in [2.24, 2.45) is 0 Å². The third-order valence-corrected chi connectivity index (χ3v) is 4.44. The van der Waals surface area contributed by atoms with Gasteiger partial charge in [0.1, 0.15) is 0 Å². The topological polar surface area (TPSA) is 49.4 Å². The molecule has 0 bridgehead atoms. The molecule has 0 radical (unpaired) electrons. The number of hydrogen-bond donors (Lipinski definition) is 1. The van der Waals surface area contributed by atoms with Crippen LogP contribution in [0.15, 0.2) is 78.9 Å². The molecule has 0 saturated heterocycles. The molecular formula is C22H19ClN2O2. The largest absolute Gasteiger partial charge is 0.322 e. The van der Waals surface area contributed by atoms with Crippen LogP contribution in [0.1, 0.15) is 27.6 Å². The van der Waals surface area contributed by atoms with Crippen LogP contribution in [0, 0.1) is 0 Å². The van der Waals surface area contributed by atoms with E-state index in [-0.39, 0.29) is 11.8 Å². The number of carbonyl (C=O) groups is 2. The van der Waals surface area contributed by atoms with Crippen molar-refractivity contribution in [3.05, 3.63) is 95.0 Å². The maximum atomic E-state index is 12.9.